The molecule has 1 aliphatic heterocycles. The number of nitrogens with one attached hydrogen (secondary N) is 2. The molecule has 0 saturated carbocycles. The monoisotopic (exact) mass is 370 g/mol. The molecule has 2 N–H and O–H groups in total. The van der Waals surface area contributed by atoms with Crippen LogP contribution in [-0.2, 0) is 0 Å². The molecule has 0 atom stereocenters. The van der Waals surface area contributed by atoms with E-state index in [0.717, 1.165) is 11.4 Å². The van der Waals surface area contributed by atoms with E-state index in [1.807, 2.05) is 18.2 Å². The molecule has 4 rings (SSSR count). The summed E-state index contributed by atoms with van der Waals surface area (Å²) in [5, 5.41) is 7.00. The van der Waals surface area contributed by atoms with E-state index in [1.165, 1.54) is 6.33 Å². The zero-order valence-corrected chi connectivity index (χ0v) is 14.6. The first kappa shape index (κ1) is 16.3. The van der Waals surface area contributed by atoms with Crippen molar-refractivity contribution in [3.05, 3.63) is 53.8 Å². The van der Waals surface area contributed by atoms with Gasteiger partial charge in [0, 0.05) is 22.8 Å². The average molecular weight is 371 g/mol. The van der Waals surface area contributed by atoms with Gasteiger partial charge in [-0.2, -0.15) is 0 Å². The Bertz CT molecular complexity index is 951. The van der Waals surface area contributed by atoms with E-state index in [1.54, 1.807) is 31.4 Å². The maximum atomic E-state index is 6.06. The number of hydrogen-bond acceptors (Lipinski definition) is 7. The fraction of sp³-hybridized carbons (Fsp3) is 0.111. The van der Waals surface area contributed by atoms with Gasteiger partial charge in [0.15, 0.2) is 11.5 Å². The number of rotatable bonds is 5. The minimum atomic E-state index is 0.238. The predicted molar refractivity (Wildman–Crippen MR) is 99.2 cm³/mol. The van der Waals surface area contributed by atoms with Crippen LogP contribution in [-0.4, -0.2) is 23.9 Å². The van der Waals surface area contributed by atoms with Gasteiger partial charge in [-0.1, -0.05) is 11.6 Å². The van der Waals surface area contributed by atoms with Gasteiger partial charge in [-0.05, 0) is 30.3 Å². The highest BCUT2D eigenvalue weighted by Gasteiger charge is 2.13. The number of ether oxygens (including phenoxy) is 3. The molecule has 2 heterocycles. The fourth-order valence-electron chi connectivity index (χ4n) is 2.53. The van der Waals surface area contributed by atoms with E-state index >= 15 is 0 Å². The van der Waals surface area contributed by atoms with Gasteiger partial charge in [-0.15, -0.1) is 0 Å². The highest BCUT2D eigenvalue weighted by Crippen LogP contribution is 2.35. The number of benzene rings is 2. The van der Waals surface area contributed by atoms with E-state index in [9.17, 15) is 0 Å². The summed E-state index contributed by atoms with van der Waals surface area (Å²) in [5.74, 6) is 3.32. The van der Waals surface area contributed by atoms with Crippen molar-refractivity contribution >= 4 is 34.6 Å². The first-order chi connectivity index (χ1) is 12.7. The maximum absolute atomic E-state index is 6.06. The topological polar surface area (TPSA) is 77.5 Å². The summed E-state index contributed by atoms with van der Waals surface area (Å²) in [6.45, 7) is 0.238. The lowest BCUT2D eigenvalue weighted by molar-refractivity contribution is 0.174. The number of aromatic nitrogens is 2. The zero-order chi connectivity index (χ0) is 17.9. The molecule has 0 spiro atoms. The van der Waals surface area contributed by atoms with Crippen molar-refractivity contribution in [3.63, 3.8) is 0 Å². The first-order valence-corrected chi connectivity index (χ1v) is 8.18. The summed E-state index contributed by atoms with van der Waals surface area (Å²) in [6, 6.07) is 12.7. The molecule has 8 heteroatoms. The van der Waals surface area contributed by atoms with Crippen molar-refractivity contribution in [1.82, 2.24) is 9.97 Å². The number of anilines is 4. The summed E-state index contributed by atoms with van der Waals surface area (Å²) in [4.78, 5) is 8.47. The lowest BCUT2D eigenvalue weighted by Gasteiger charge is -2.12. The minimum absolute atomic E-state index is 0.238. The molecule has 3 aromatic rings. The highest BCUT2D eigenvalue weighted by molar-refractivity contribution is 6.31. The number of hydrogen-bond donors (Lipinski definition) is 2. The second-order valence-corrected chi connectivity index (χ2v) is 5.89. The normalized spacial score (nSPS) is 11.9. The molecule has 26 heavy (non-hydrogen) atoms. The van der Waals surface area contributed by atoms with Gasteiger partial charge in [-0.25, -0.2) is 9.97 Å². The molecule has 1 aliphatic rings. The molecule has 0 radical (unpaired) electrons. The Morgan fingerprint density at radius 1 is 0.962 bits per heavy atom. The zero-order valence-electron chi connectivity index (χ0n) is 13.8. The third-order valence-electron chi connectivity index (χ3n) is 3.74. The molecule has 1 aromatic heterocycles. The van der Waals surface area contributed by atoms with Crippen LogP contribution in [0.1, 0.15) is 0 Å². The van der Waals surface area contributed by atoms with Gasteiger partial charge < -0.3 is 24.8 Å². The van der Waals surface area contributed by atoms with Gasteiger partial charge >= 0.3 is 0 Å². The van der Waals surface area contributed by atoms with Crippen LogP contribution in [0.5, 0.6) is 17.2 Å². The van der Waals surface area contributed by atoms with Crippen LogP contribution in [0, 0.1) is 0 Å². The number of methoxy groups -OCH3 is 1. The van der Waals surface area contributed by atoms with E-state index in [-0.39, 0.29) is 6.79 Å². The molecule has 0 aliphatic carbocycles. The standard InChI is InChI=1S/C18H15ClN4O3/c1-24-14-4-2-11(19)6-13(14)23-18-8-17(20-9-21-18)22-12-3-5-15-16(7-12)26-10-25-15/h2-9H,10H2,1H3,(H2,20,21,22,23). The van der Waals surface area contributed by atoms with Gasteiger partial charge in [0.05, 0.1) is 12.8 Å². The highest BCUT2D eigenvalue weighted by atomic mass is 35.5. The van der Waals surface area contributed by atoms with Crippen LogP contribution in [0.3, 0.4) is 0 Å². The molecule has 0 fully saturated rings. The van der Waals surface area contributed by atoms with Gasteiger partial charge in [-0.3, -0.25) is 0 Å². The summed E-state index contributed by atoms with van der Waals surface area (Å²) in [6.07, 6.45) is 1.47. The number of nitrogens with zero attached hydrogens (tertiary/aromatic N) is 2. The summed E-state index contributed by atoms with van der Waals surface area (Å²) >= 11 is 6.06. The van der Waals surface area contributed by atoms with Crippen LogP contribution < -0.4 is 24.8 Å². The first-order valence-electron chi connectivity index (χ1n) is 7.80. The Balaban J connectivity index is 1.54. The van der Waals surface area contributed by atoms with Crippen LogP contribution in [0.2, 0.25) is 5.02 Å². The quantitative estimate of drug-likeness (QED) is 0.691. The molecular formula is C18H15ClN4O3. The lowest BCUT2D eigenvalue weighted by Crippen LogP contribution is -2.00. The molecule has 0 saturated heterocycles. The Hall–Kier alpha value is -3.19. The van der Waals surface area contributed by atoms with Crippen LogP contribution in [0.15, 0.2) is 48.8 Å². The van der Waals surface area contributed by atoms with Gasteiger partial charge in [0.2, 0.25) is 6.79 Å². The Kier molecular flexibility index (Phi) is 4.37. The molecule has 0 bridgehead atoms. The Morgan fingerprint density at radius 3 is 2.62 bits per heavy atom. The largest absolute Gasteiger partial charge is 0.495 e. The van der Waals surface area contributed by atoms with Crippen LogP contribution in [0.25, 0.3) is 0 Å². The third kappa shape index (κ3) is 3.43. The van der Waals surface area contributed by atoms with Crippen molar-refractivity contribution < 1.29 is 14.2 Å². The van der Waals surface area contributed by atoms with E-state index in [4.69, 9.17) is 25.8 Å². The molecule has 2 aromatic carbocycles. The van der Waals surface area contributed by atoms with Crippen molar-refractivity contribution in [3.8, 4) is 17.2 Å². The second-order valence-electron chi connectivity index (χ2n) is 5.45. The smallest absolute Gasteiger partial charge is 0.231 e. The molecule has 0 unspecified atom stereocenters. The van der Waals surface area contributed by atoms with Crippen LogP contribution in [0.4, 0.5) is 23.0 Å². The SMILES string of the molecule is COc1ccc(Cl)cc1Nc1cc(Nc2ccc3c(c2)OCO3)ncn1. The molecule has 7 nitrogen and oxygen atoms in total. The van der Waals surface area contributed by atoms with Crippen molar-refractivity contribution in [2.45, 2.75) is 0 Å². The Labute approximate surface area is 154 Å². The van der Waals surface area contributed by atoms with Crippen molar-refractivity contribution in [2.24, 2.45) is 0 Å². The number of fused-ring (bicyclic) bond motifs is 1. The predicted octanol–water partition coefficient (Wildman–Crippen LogP) is 4.35. The molecule has 132 valence electrons. The fourth-order valence-corrected chi connectivity index (χ4v) is 2.70. The summed E-state index contributed by atoms with van der Waals surface area (Å²) < 4.78 is 16.0. The lowest BCUT2D eigenvalue weighted by atomic mass is 10.2. The van der Waals surface area contributed by atoms with Gasteiger partial charge in [0.25, 0.3) is 0 Å². The van der Waals surface area contributed by atoms with E-state index in [2.05, 4.69) is 20.6 Å². The average Bonchev–Trinajstić information content (AvgIpc) is 3.10. The molecule has 0 amide bonds. The summed E-state index contributed by atoms with van der Waals surface area (Å²) in [7, 11) is 1.60. The van der Waals surface area contributed by atoms with Crippen LogP contribution >= 0.6 is 11.6 Å². The van der Waals surface area contributed by atoms with Crippen molar-refractivity contribution in [1.29, 1.82) is 0 Å². The van der Waals surface area contributed by atoms with Gasteiger partial charge in [0.1, 0.15) is 23.7 Å². The van der Waals surface area contributed by atoms with E-state index < -0.39 is 0 Å². The summed E-state index contributed by atoms with van der Waals surface area (Å²) in [5.41, 5.74) is 1.55. The van der Waals surface area contributed by atoms with Crippen molar-refractivity contribution in [2.75, 3.05) is 24.5 Å². The van der Waals surface area contributed by atoms with E-state index in [0.29, 0.717) is 33.8 Å². The third-order valence-corrected chi connectivity index (χ3v) is 3.97. The number of halogens is 1. The Morgan fingerprint density at radius 2 is 1.77 bits per heavy atom. The minimum Gasteiger partial charge on any atom is -0.495 e. The second kappa shape index (κ2) is 6.97. The maximum Gasteiger partial charge on any atom is 0.231 e. The molecular weight excluding hydrogens is 356 g/mol.